The molecule has 0 aromatic carbocycles. The van der Waals surface area contributed by atoms with E-state index in [9.17, 15) is 19.8 Å². The van der Waals surface area contributed by atoms with Crippen molar-refractivity contribution in [3.63, 3.8) is 0 Å². The van der Waals surface area contributed by atoms with Crippen LogP contribution in [0, 0.1) is 22.7 Å². The van der Waals surface area contributed by atoms with Crippen molar-refractivity contribution in [3.8, 4) is 0 Å². The molecular weight excluding hydrogens is 320 g/mol. The number of aliphatic hydroxyl groups excluding tert-OH is 1. The van der Waals surface area contributed by atoms with Crippen LogP contribution in [0.5, 0.6) is 0 Å². The molecule has 7 atom stereocenters. The minimum Gasteiger partial charge on any atom is -0.461 e. The second kappa shape index (κ2) is 5.04. The molecule has 0 unspecified atom stereocenters. The summed E-state index contributed by atoms with van der Waals surface area (Å²) >= 11 is 0. The van der Waals surface area contributed by atoms with Crippen LogP contribution in [0.2, 0.25) is 0 Å². The van der Waals surface area contributed by atoms with Crippen LogP contribution >= 0.6 is 0 Å². The molecule has 3 fully saturated rings. The number of rotatable bonds is 2. The highest BCUT2D eigenvalue weighted by molar-refractivity contribution is 5.98. The minimum absolute atomic E-state index is 0.0111. The first kappa shape index (κ1) is 17.0. The molecule has 25 heavy (non-hydrogen) atoms. The standard InChI is InChI=1S/C20H26O5/c1-11-12-5-6-14(21)20(9-12,16(11)22)10-13-15-18(2,17(23)25-13)7-4-8-19(15,3)24/h5-6,12-13,15-16,22,24H,1,4,7-10H2,2-3H3/t12-,13-,15-,16-,18-,19-,20+/m1/s1. The van der Waals surface area contributed by atoms with Crippen molar-refractivity contribution in [2.24, 2.45) is 22.7 Å². The van der Waals surface area contributed by atoms with Gasteiger partial charge in [0.2, 0.25) is 0 Å². The largest absolute Gasteiger partial charge is 0.461 e. The van der Waals surface area contributed by atoms with E-state index >= 15 is 0 Å². The van der Waals surface area contributed by atoms with E-state index in [1.54, 1.807) is 13.0 Å². The molecule has 0 amide bonds. The number of carbonyl (C=O) groups is 2. The second-order valence-electron chi connectivity index (χ2n) is 8.92. The van der Waals surface area contributed by atoms with Gasteiger partial charge in [0.15, 0.2) is 5.78 Å². The first-order valence-electron chi connectivity index (χ1n) is 9.15. The molecule has 5 nitrogen and oxygen atoms in total. The Labute approximate surface area is 147 Å². The Bertz CT molecular complexity index is 692. The fourth-order valence-corrected chi connectivity index (χ4v) is 5.99. The third-order valence-corrected chi connectivity index (χ3v) is 7.30. The first-order valence-corrected chi connectivity index (χ1v) is 9.15. The van der Waals surface area contributed by atoms with Gasteiger partial charge in [0.1, 0.15) is 6.10 Å². The molecule has 5 heteroatoms. The number of aliphatic hydroxyl groups is 2. The van der Waals surface area contributed by atoms with E-state index in [1.165, 1.54) is 6.08 Å². The molecule has 2 N–H and O–H groups in total. The molecule has 1 saturated heterocycles. The van der Waals surface area contributed by atoms with Gasteiger partial charge in [-0.05, 0) is 51.2 Å². The van der Waals surface area contributed by atoms with Gasteiger partial charge in [-0.1, -0.05) is 12.7 Å². The molecule has 0 aromatic rings. The Morgan fingerprint density at radius 1 is 1.32 bits per heavy atom. The minimum atomic E-state index is -1.02. The van der Waals surface area contributed by atoms with Crippen LogP contribution in [0.1, 0.15) is 46.0 Å². The third-order valence-electron chi connectivity index (χ3n) is 7.30. The van der Waals surface area contributed by atoms with Crippen molar-refractivity contribution in [2.75, 3.05) is 0 Å². The van der Waals surface area contributed by atoms with Crippen molar-refractivity contribution < 1.29 is 24.5 Å². The van der Waals surface area contributed by atoms with E-state index in [2.05, 4.69) is 6.58 Å². The number of ketones is 1. The molecule has 4 aliphatic rings. The topological polar surface area (TPSA) is 83.8 Å². The maximum Gasteiger partial charge on any atom is 0.312 e. The van der Waals surface area contributed by atoms with E-state index in [-0.39, 0.29) is 30.0 Å². The molecule has 4 rings (SSSR count). The Balaban J connectivity index is 1.71. The van der Waals surface area contributed by atoms with Gasteiger partial charge in [0.25, 0.3) is 0 Å². The Morgan fingerprint density at radius 2 is 2.04 bits per heavy atom. The van der Waals surface area contributed by atoms with Crippen LogP contribution in [0.4, 0.5) is 0 Å². The summed E-state index contributed by atoms with van der Waals surface area (Å²) in [6.07, 6.45) is 4.66. The van der Waals surface area contributed by atoms with E-state index in [0.717, 1.165) is 6.42 Å². The average molecular weight is 346 g/mol. The van der Waals surface area contributed by atoms with Gasteiger partial charge in [0, 0.05) is 18.3 Å². The zero-order valence-electron chi connectivity index (χ0n) is 14.8. The summed E-state index contributed by atoms with van der Waals surface area (Å²) in [5.41, 5.74) is -2.07. The number of allylic oxidation sites excluding steroid dienone is 2. The quantitative estimate of drug-likeness (QED) is 0.589. The number of ether oxygens (including phenoxy) is 1. The lowest BCUT2D eigenvalue weighted by atomic mass is 9.58. The van der Waals surface area contributed by atoms with E-state index in [0.29, 0.717) is 24.8 Å². The van der Waals surface area contributed by atoms with Crippen molar-refractivity contribution in [3.05, 3.63) is 24.3 Å². The Hall–Kier alpha value is -1.46. The van der Waals surface area contributed by atoms with Crippen LogP contribution in [0.15, 0.2) is 24.3 Å². The highest BCUT2D eigenvalue weighted by atomic mass is 16.6. The maximum atomic E-state index is 12.7. The smallest absolute Gasteiger partial charge is 0.312 e. The predicted octanol–water partition coefficient (Wildman–Crippen LogP) is 1.92. The monoisotopic (exact) mass is 346 g/mol. The number of hydrogen-bond acceptors (Lipinski definition) is 5. The van der Waals surface area contributed by atoms with Crippen LogP contribution in [-0.2, 0) is 14.3 Å². The van der Waals surface area contributed by atoms with Crippen LogP contribution < -0.4 is 0 Å². The van der Waals surface area contributed by atoms with Crippen molar-refractivity contribution >= 4 is 11.8 Å². The lowest BCUT2D eigenvalue weighted by Gasteiger charge is -2.45. The fraction of sp³-hybridized carbons (Fsp3) is 0.700. The molecule has 136 valence electrons. The van der Waals surface area contributed by atoms with Gasteiger partial charge in [-0.25, -0.2) is 0 Å². The van der Waals surface area contributed by atoms with Crippen LogP contribution in [0.3, 0.4) is 0 Å². The summed E-state index contributed by atoms with van der Waals surface area (Å²) in [5, 5.41) is 21.7. The SMILES string of the molecule is C=C1[C@@H]2C=CC(=O)[C@@](C[C@H]3OC(=O)[C@]4(C)CCC[C@@](C)(O)[C@H]34)(C2)[C@@H]1O. The van der Waals surface area contributed by atoms with E-state index < -0.39 is 28.6 Å². The van der Waals surface area contributed by atoms with Gasteiger partial charge in [-0.15, -0.1) is 0 Å². The summed E-state index contributed by atoms with van der Waals surface area (Å²) < 4.78 is 5.71. The number of hydrogen-bond donors (Lipinski definition) is 2. The van der Waals surface area contributed by atoms with Crippen LogP contribution in [0.25, 0.3) is 0 Å². The molecule has 2 saturated carbocycles. The molecule has 0 spiro atoms. The summed E-state index contributed by atoms with van der Waals surface area (Å²) in [5.74, 6) is -0.799. The predicted molar refractivity (Wildman–Crippen MR) is 90.4 cm³/mol. The van der Waals surface area contributed by atoms with Gasteiger partial charge in [0.05, 0.1) is 22.5 Å². The number of cyclic esters (lactones) is 1. The van der Waals surface area contributed by atoms with Crippen LogP contribution in [-0.4, -0.2) is 39.8 Å². The van der Waals surface area contributed by atoms with Gasteiger partial charge in [-0.2, -0.15) is 0 Å². The molecule has 0 aromatic heterocycles. The van der Waals surface area contributed by atoms with Crippen molar-refractivity contribution in [1.82, 2.24) is 0 Å². The van der Waals surface area contributed by atoms with Crippen molar-refractivity contribution in [1.29, 1.82) is 0 Å². The van der Waals surface area contributed by atoms with Gasteiger partial charge in [-0.3, -0.25) is 9.59 Å². The number of esters is 1. The van der Waals surface area contributed by atoms with Crippen molar-refractivity contribution in [2.45, 2.75) is 63.8 Å². The molecule has 3 aliphatic carbocycles. The van der Waals surface area contributed by atoms with E-state index in [4.69, 9.17) is 4.74 Å². The molecule has 1 heterocycles. The van der Waals surface area contributed by atoms with E-state index in [1.807, 2.05) is 6.92 Å². The third kappa shape index (κ3) is 2.08. The molecule has 0 radical (unpaired) electrons. The zero-order chi connectivity index (χ0) is 18.2. The molecule has 2 bridgehead atoms. The average Bonchev–Trinajstić information content (AvgIpc) is 2.89. The lowest BCUT2D eigenvalue weighted by Crippen LogP contribution is -2.53. The summed E-state index contributed by atoms with van der Waals surface area (Å²) in [4.78, 5) is 25.3. The maximum absolute atomic E-state index is 12.7. The summed E-state index contributed by atoms with van der Waals surface area (Å²) in [6, 6.07) is 0. The van der Waals surface area contributed by atoms with Gasteiger partial charge >= 0.3 is 5.97 Å². The molecular formula is C20H26O5. The summed E-state index contributed by atoms with van der Waals surface area (Å²) in [7, 11) is 0. The highest BCUT2D eigenvalue weighted by Crippen LogP contribution is 2.59. The zero-order valence-corrected chi connectivity index (χ0v) is 14.8. The van der Waals surface area contributed by atoms with Gasteiger partial charge < -0.3 is 14.9 Å². The normalized spacial score (nSPS) is 51.6. The lowest BCUT2D eigenvalue weighted by molar-refractivity contribution is -0.151. The molecule has 1 aliphatic heterocycles. The fourth-order valence-electron chi connectivity index (χ4n) is 5.99. The number of fused-ring (bicyclic) bond motifs is 3. The Morgan fingerprint density at radius 3 is 2.76 bits per heavy atom. The first-order chi connectivity index (χ1) is 11.6. The summed E-state index contributed by atoms with van der Waals surface area (Å²) in [6.45, 7) is 7.58. The highest BCUT2D eigenvalue weighted by Gasteiger charge is 2.65. The Kier molecular flexibility index (Phi) is 3.42. The second-order valence-corrected chi connectivity index (χ2v) is 8.92. The number of carbonyl (C=O) groups excluding carboxylic acids is 2.